The summed E-state index contributed by atoms with van der Waals surface area (Å²) in [4.78, 5) is 18.9. The van der Waals surface area contributed by atoms with Crippen LogP contribution in [0.15, 0.2) is 12.5 Å². The van der Waals surface area contributed by atoms with Gasteiger partial charge in [0, 0.05) is 56.6 Å². The van der Waals surface area contributed by atoms with Gasteiger partial charge >= 0.3 is 0 Å². The van der Waals surface area contributed by atoms with Gasteiger partial charge in [-0.25, -0.2) is 13.8 Å². The Kier molecular flexibility index (Phi) is 3.94. The SMILES string of the molecule is Cn1cnc([C@@H]2CN(C(=O)C3(C)CCC(F)(F)CC3)C[C@H]2N)c1. The van der Waals surface area contributed by atoms with Crippen molar-refractivity contribution in [1.29, 1.82) is 0 Å². The zero-order valence-electron chi connectivity index (χ0n) is 13.6. The summed E-state index contributed by atoms with van der Waals surface area (Å²) >= 11 is 0. The highest BCUT2D eigenvalue weighted by molar-refractivity contribution is 5.83. The van der Waals surface area contributed by atoms with Gasteiger partial charge in [0.1, 0.15) is 0 Å². The number of halogens is 2. The minimum Gasteiger partial charge on any atom is -0.340 e. The fourth-order valence-corrected chi connectivity index (χ4v) is 3.70. The smallest absolute Gasteiger partial charge is 0.248 e. The molecule has 0 aromatic carbocycles. The molecule has 1 amide bonds. The van der Waals surface area contributed by atoms with Gasteiger partial charge in [-0.2, -0.15) is 0 Å². The molecule has 2 aliphatic rings. The molecule has 0 spiro atoms. The Morgan fingerprint density at radius 1 is 1.30 bits per heavy atom. The van der Waals surface area contributed by atoms with Crippen molar-refractivity contribution in [3.05, 3.63) is 18.2 Å². The number of imidazole rings is 1. The van der Waals surface area contributed by atoms with E-state index in [1.165, 1.54) is 0 Å². The molecule has 2 atom stereocenters. The number of likely N-dealkylation sites (tertiary alicyclic amines) is 1. The van der Waals surface area contributed by atoms with Gasteiger partial charge in [-0.3, -0.25) is 4.79 Å². The molecule has 2 N–H and O–H groups in total. The van der Waals surface area contributed by atoms with E-state index in [9.17, 15) is 13.6 Å². The number of aryl methyl sites for hydroxylation is 1. The predicted octanol–water partition coefficient (Wildman–Crippen LogP) is 1.89. The number of hydrogen-bond donors (Lipinski definition) is 1. The van der Waals surface area contributed by atoms with E-state index in [2.05, 4.69) is 4.98 Å². The summed E-state index contributed by atoms with van der Waals surface area (Å²) in [6.07, 6.45) is 3.69. The Morgan fingerprint density at radius 2 is 1.96 bits per heavy atom. The maximum Gasteiger partial charge on any atom is 0.248 e. The molecule has 3 rings (SSSR count). The third-order valence-corrected chi connectivity index (χ3v) is 5.36. The number of amides is 1. The van der Waals surface area contributed by atoms with Gasteiger partial charge < -0.3 is 15.2 Å². The molecule has 1 aliphatic heterocycles. The first kappa shape index (κ1) is 16.4. The van der Waals surface area contributed by atoms with Crippen LogP contribution in [-0.4, -0.2) is 45.4 Å². The van der Waals surface area contributed by atoms with Crippen molar-refractivity contribution in [2.75, 3.05) is 13.1 Å². The Balaban J connectivity index is 1.69. The van der Waals surface area contributed by atoms with Crippen molar-refractivity contribution < 1.29 is 13.6 Å². The molecule has 5 nitrogen and oxygen atoms in total. The lowest BCUT2D eigenvalue weighted by molar-refractivity contribution is -0.147. The molecule has 2 fully saturated rings. The number of hydrogen-bond acceptors (Lipinski definition) is 3. The molecule has 23 heavy (non-hydrogen) atoms. The zero-order valence-corrected chi connectivity index (χ0v) is 13.6. The first-order valence-corrected chi connectivity index (χ1v) is 8.11. The predicted molar refractivity (Wildman–Crippen MR) is 82.0 cm³/mol. The fraction of sp³-hybridized carbons (Fsp3) is 0.750. The van der Waals surface area contributed by atoms with Gasteiger partial charge in [0.15, 0.2) is 0 Å². The quantitative estimate of drug-likeness (QED) is 0.903. The molecular weight excluding hydrogens is 302 g/mol. The van der Waals surface area contributed by atoms with Crippen molar-refractivity contribution in [2.45, 2.75) is 50.5 Å². The molecule has 1 aromatic heterocycles. The van der Waals surface area contributed by atoms with Gasteiger partial charge in [0.2, 0.25) is 11.8 Å². The van der Waals surface area contributed by atoms with E-state index in [1.54, 1.807) is 11.2 Å². The molecule has 1 aromatic rings. The van der Waals surface area contributed by atoms with Gasteiger partial charge in [0.05, 0.1) is 12.0 Å². The van der Waals surface area contributed by atoms with E-state index >= 15 is 0 Å². The minimum absolute atomic E-state index is 0.00813. The molecule has 1 saturated heterocycles. The van der Waals surface area contributed by atoms with Crippen LogP contribution in [0.5, 0.6) is 0 Å². The molecule has 0 radical (unpaired) electrons. The number of aromatic nitrogens is 2. The average Bonchev–Trinajstić information content (AvgIpc) is 3.07. The third-order valence-electron chi connectivity index (χ3n) is 5.36. The summed E-state index contributed by atoms with van der Waals surface area (Å²) in [7, 11) is 1.89. The highest BCUT2D eigenvalue weighted by atomic mass is 19.3. The van der Waals surface area contributed by atoms with E-state index in [4.69, 9.17) is 5.73 Å². The van der Waals surface area contributed by atoms with E-state index in [-0.39, 0.29) is 43.6 Å². The van der Waals surface area contributed by atoms with E-state index in [1.807, 2.05) is 24.7 Å². The standard InChI is InChI=1S/C16H24F2N4O/c1-15(3-5-16(17,18)6-4-15)14(23)22-7-11(12(19)8-22)13-9-21(2)10-20-13/h9-12H,3-8,19H2,1-2H3/t11-,12-/m1/s1. The number of nitrogens with zero attached hydrogens (tertiary/aromatic N) is 3. The van der Waals surface area contributed by atoms with Crippen LogP contribution in [0.1, 0.15) is 44.2 Å². The first-order valence-electron chi connectivity index (χ1n) is 8.11. The number of carbonyl (C=O) groups is 1. The molecule has 0 bridgehead atoms. The van der Waals surface area contributed by atoms with Crippen LogP contribution in [0.2, 0.25) is 0 Å². The molecular formula is C16H24F2N4O. The molecule has 1 aliphatic carbocycles. The first-order chi connectivity index (χ1) is 10.7. The zero-order chi connectivity index (χ0) is 16.8. The third kappa shape index (κ3) is 3.11. The normalized spacial score (nSPS) is 29.7. The fourth-order valence-electron chi connectivity index (χ4n) is 3.70. The summed E-state index contributed by atoms with van der Waals surface area (Å²) < 4.78 is 28.6. The topological polar surface area (TPSA) is 64.2 Å². The molecule has 7 heteroatoms. The Bertz CT molecular complexity index is 591. The summed E-state index contributed by atoms with van der Waals surface area (Å²) in [5.74, 6) is -2.66. The summed E-state index contributed by atoms with van der Waals surface area (Å²) in [6.45, 7) is 2.79. The molecule has 1 saturated carbocycles. The van der Waals surface area contributed by atoms with Crippen molar-refractivity contribution in [1.82, 2.24) is 14.5 Å². The maximum atomic E-state index is 13.4. The molecule has 128 valence electrons. The van der Waals surface area contributed by atoms with Crippen molar-refractivity contribution in [3.8, 4) is 0 Å². The van der Waals surface area contributed by atoms with Gasteiger partial charge in [0.25, 0.3) is 0 Å². The van der Waals surface area contributed by atoms with Gasteiger partial charge in [-0.1, -0.05) is 6.92 Å². The van der Waals surface area contributed by atoms with Crippen LogP contribution in [0, 0.1) is 5.41 Å². The molecule has 2 heterocycles. The lowest BCUT2D eigenvalue weighted by atomic mass is 9.73. The monoisotopic (exact) mass is 326 g/mol. The summed E-state index contributed by atoms with van der Waals surface area (Å²) in [5.41, 5.74) is 6.39. The van der Waals surface area contributed by atoms with Crippen LogP contribution < -0.4 is 5.73 Å². The number of nitrogens with two attached hydrogens (primary N) is 1. The summed E-state index contributed by atoms with van der Waals surface area (Å²) in [5, 5.41) is 0. The van der Waals surface area contributed by atoms with Crippen LogP contribution in [-0.2, 0) is 11.8 Å². The summed E-state index contributed by atoms with van der Waals surface area (Å²) in [6, 6.07) is -0.164. The molecule has 0 unspecified atom stereocenters. The number of carbonyl (C=O) groups excluding carboxylic acids is 1. The van der Waals surface area contributed by atoms with Crippen LogP contribution in [0.4, 0.5) is 8.78 Å². The number of alkyl halides is 2. The lowest BCUT2D eigenvalue weighted by Crippen LogP contribution is -2.45. The van der Waals surface area contributed by atoms with Gasteiger partial charge in [-0.05, 0) is 12.8 Å². The maximum absolute atomic E-state index is 13.4. The Hall–Kier alpha value is -1.50. The van der Waals surface area contributed by atoms with Crippen molar-refractivity contribution in [3.63, 3.8) is 0 Å². The van der Waals surface area contributed by atoms with Crippen molar-refractivity contribution >= 4 is 5.91 Å². The highest BCUT2D eigenvalue weighted by Gasteiger charge is 2.48. The highest BCUT2D eigenvalue weighted by Crippen LogP contribution is 2.45. The van der Waals surface area contributed by atoms with Gasteiger partial charge in [-0.15, -0.1) is 0 Å². The second-order valence-corrected chi connectivity index (χ2v) is 7.36. The van der Waals surface area contributed by atoms with E-state index < -0.39 is 11.3 Å². The second kappa shape index (κ2) is 5.54. The van der Waals surface area contributed by atoms with Crippen LogP contribution in [0.3, 0.4) is 0 Å². The second-order valence-electron chi connectivity index (χ2n) is 7.36. The van der Waals surface area contributed by atoms with E-state index in [0.717, 1.165) is 5.69 Å². The Morgan fingerprint density at radius 3 is 2.52 bits per heavy atom. The number of rotatable bonds is 2. The average molecular weight is 326 g/mol. The van der Waals surface area contributed by atoms with Crippen LogP contribution >= 0.6 is 0 Å². The largest absolute Gasteiger partial charge is 0.340 e. The Labute approximate surface area is 134 Å². The van der Waals surface area contributed by atoms with E-state index in [0.29, 0.717) is 13.1 Å². The minimum atomic E-state index is -2.63. The van der Waals surface area contributed by atoms with Crippen molar-refractivity contribution in [2.24, 2.45) is 18.2 Å². The lowest BCUT2D eigenvalue weighted by Gasteiger charge is -2.38. The van der Waals surface area contributed by atoms with Crippen LogP contribution in [0.25, 0.3) is 0 Å².